The lowest BCUT2D eigenvalue weighted by Gasteiger charge is -2.34. The van der Waals surface area contributed by atoms with Crippen LogP contribution in [-0.2, 0) is 11.3 Å². The lowest BCUT2D eigenvalue weighted by molar-refractivity contribution is -0.138. The number of carbonyl (C=O) groups excluding carboxylic acids is 1. The number of carboxylic acid groups (broad SMARTS) is 1. The standard InChI is InChI=1S/C13H21N5O3/c19-12(20)10-11-4-1-2-8-18(11)13(21)14-5-3-7-17-9-6-15-16-17/h6,9,11H,1-5,7-8,10H2,(H,14,21)(H,19,20). The van der Waals surface area contributed by atoms with E-state index in [2.05, 4.69) is 15.6 Å². The Hall–Kier alpha value is -2.12. The number of nitrogens with one attached hydrogen (secondary N) is 1. The number of aryl methyl sites for hydroxylation is 1. The van der Waals surface area contributed by atoms with E-state index in [1.165, 1.54) is 0 Å². The summed E-state index contributed by atoms with van der Waals surface area (Å²) in [6, 6.07) is -0.355. The minimum absolute atomic E-state index is 0.0202. The Morgan fingerprint density at radius 3 is 2.95 bits per heavy atom. The summed E-state index contributed by atoms with van der Waals surface area (Å²) in [6.45, 7) is 1.86. The van der Waals surface area contributed by atoms with E-state index in [4.69, 9.17) is 5.11 Å². The molecule has 8 nitrogen and oxygen atoms in total. The molecular formula is C13H21N5O3. The second-order valence-electron chi connectivity index (χ2n) is 5.19. The van der Waals surface area contributed by atoms with Crippen molar-refractivity contribution in [2.75, 3.05) is 13.1 Å². The van der Waals surface area contributed by atoms with E-state index in [1.807, 2.05) is 0 Å². The van der Waals surface area contributed by atoms with Crippen LogP contribution in [0.5, 0.6) is 0 Å². The summed E-state index contributed by atoms with van der Waals surface area (Å²) in [7, 11) is 0. The number of hydrogen-bond donors (Lipinski definition) is 2. The molecule has 2 rings (SSSR count). The van der Waals surface area contributed by atoms with E-state index in [-0.39, 0.29) is 18.5 Å². The van der Waals surface area contributed by atoms with Crippen molar-refractivity contribution in [1.29, 1.82) is 0 Å². The quantitative estimate of drug-likeness (QED) is 0.753. The van der Waals surface area contributed by atoms with E-state index in [1.54, 1.807) is 22.0 Å². The fourth-order valence-corrected chi connectivity index (χ4v) is 2.57. The number of aromatic nitrogens is 3. The molecule has 8 heteroatoms. The average Bonchev–Trinajstić information content (AvgIpc) is 2.96. The third-order valence-electron chi connectivity index (χ3n) is 3.61. The number of urea groups is 1. The summed E-state index contributed by atoms with van der Waals surface area (Å²) in [5, 5.41) is 19.3. The van der Waals surface area contributed by atoms with Gasteiger partial charge < -0.3 is 15.3 Å². The van der Waals surface area contributed by atoms with Crippen molar-refractivity contribution in [1.82, 2.24) is 25.2 Å². The molecule has 1 saturated heterocycles. The SMILES string of the molecule is O=C(O)CC1CCCCN1C(=O)NCCCn1ccnn1. The van der Waals surface area contributed by atoms with Crippen molar-refractivity contribution >= 4 is 12.0 Å². The minimum atomic E-state index is -0.856. The molecule has 1 aliphatic heterocycles. The van der Waals surface area contributed by atoms with Gasteiger partial charge in [-0.2, -0.15) is 0 Å². The summed E-state index contributed by atoms with van der Waals surface area (Å²) in [6.07, 6.45) is 6.84. The van der Waals surface area contributed by atoms with Crippen molar-refractivity contribution in [3.8, 4) is 0 Å². The molecule has 21 heavy (non-hydrogen) atoms. The van der Waals surface area contributed by atoms with Gasteiger partial charge in [-0.3, -0.25) is 9.48 Å². The Morgan fingerprint density at radius 1 is 1.38 bits per heavy atom. The van der Waals surface area contributed by atoms with Crippen LogP contribution in [0.2, 0.25) is 0 Å². The maximum atomic E-state index is 12.1. The second kappa shape index (κ2) is 7.61. The first-order valence-electron chi connectivity index (χ1n) is 7.27. The van der Waals surface area contributed by atoms with Gasteiger partial charge >= 0.3 is 12.0 Å². The lowest BCUT2D eigenvalue weighted by atomic mass is 10.00. The molecule has 0 radical (unpaired) electrons. The van der Waals surface area contributed by atoms with Gasteiger partial charge in [0.2, 0.25) is 0 Å². The van der Waals surface area contributed by atoms with Crippen molar-refractivity contribution in [2.24, 2.45) is 0 Å². The van der Waals surface area contributed by atoms with Gasteiger partial charge in [-0.05, 0) is 25.7 Å². The van der Waals surface area contributed by atoms with E-state index in [9.17, 15) is 9.59 Å². The third-order valence-corrected chi connectivity index (χ3v) is 3.61. The number of carboxylic acids is 1. The fraction of sp³-hybridized carbons (Fsp3) is 0.692. The Balaban J connectivity index is 1.73. The van der Waals surface area contributed by atoms with Crippen molar-refractivity contribution < 1.29 is 14.7 Å². The normalized spacial score (nSPS) is 18.5. The molecule has 1 aliphatic rings. The molecule has 0 aliphatic carbocycles. The number of nitrogens with zero attached hydrogens (tertiary/aromatic N) is 4. The molecule has 0 spiro atoms. The van der Waals surface area contributed by atoms with E-state index < -0.39 is 5.97 Å². The number of likely N-dealkylation sites (tertiary alicyclic amines) is 1. The fourth-order valence-electron chi connectivity index (χ4n) is 2.57. The second-order valence-corrected chi connectivity index (χ2v) is 5.19. The van der Waals surface area contributed by atoms with Gasteiger partial charge in [-0.1, -0.05) is 5.21 Å². The van der Waals surface area contributed by atoms with E-state index in [0.29, 0.717) is 19.6 Å². The molecule has 0 saturated carbocycles. The van der Waals surface area contributed by atoms with Crippen LogP contribution in [-0.4, -0.2) is 56.1 Å². The largest absolute Gasteiger partial charge is 0.481 e. The zero-order valence-electron chi connectivity index (χ0n) is 11.9. The maximum absolute atomic E-state index is 12.1. The molecule has 1 unspecified atom stereocenters. The molecule has 116 valence electrons. The first-order valence-corrected chi connectivity index (χ1v) is 7.27. The summed E-state index contributed by atoms with van der Waals surface area (Å²) >= 11 is 0. The number of amides is 2. The van der Waals surface area contributed by atoms with Gasteiger partial charge in [-0.25, -0.2) is 4.79 Å². The number of piperidine rings is 1. The lowest BCUT2D eigenvalue weighted by Crippen LogP contribution is -2.49. The van der Waals surface area contributed by atoms with Crippen molar-refractivity contribution in [2.45, 2.75) is 44.7 Å². The van der Waals surface area contributed by atoms with Gasteiger partial charge in [0, 0.05) is 31.9 Å². The third kappa shape index (κ3) is 4.73. The Kier molecular flexibility index (Phi) is 5.53. The predicted octanol–water partition coefficient (Wildman–Crippen LogP) is 0.707. The van der Waals surface area contributed by atoms with Crippen molar-refractivity contribution in [3.63, 3.8) is 0 Å². The molecule has 1 atom stereocenters. The van der Waals surface area contributed by atoms with Gasteiger partial charge in [0.1, 0.15) is 0 Å². The number of carbonyl (C=O) groups is 2. The summed E-state index contributed by atoms with van der Waals surface area (Å²) < 4.78 is 1.71. The number of hydrogen-bond acceptors (Lipinski definition) is 4. The van der Waals surface area contributed by atoms with Crippen LogP contribution >= 0.6 is 0 Å². The topological polar surface area (TPSA) is 100 Å². The van der Waals surface area contributed by atoms with Crippen LogP contribution in [0.25, 0.3) is 0 Å². The zero-order chi connectivity index (χ0) is 15.1. The van der Waals surface area contributed by atoms with Crippen molar-refractivity contribution in [3.05, 3.63) is 12.4 Å². The molecule has 0 bridgehead atoms. The van der Waals surface area contributed by atoms with Gasteiger partial charge in [0.05, 0.1) is 12.6 Å². The van der Waals surface area contributed by atoms with Gasteiger partial charge in [-0.15, -0.1) is 5.10 Å². The predicted molar refractivity (Wildman–Crippen MR) is 74.6 cm³/mol. The monoisotopic (exact) mass is 295 g/mol. The summed E-state index contributed by atoms with van der Waals surface area (Å²) in [5.74, 6) is -0.856. The number of rotatable bonds is 6. The molecule has 1 fully saturated rings. The average molecular weight is 295 g/mol. The Bertz CT molecular complexity index is 462. The highest BCUT2D eigenvalue weighted by Crippen LogP contribution is 2.19. The first kappa shape index (κ1) is 15.3. The van der Waals surface area contributed by atoms with Crippen LogP contribution in [0.3, 0.4) is 0 Å². The highest BCUT2D eigenvalue weighted by atomic mass is 16.4. The Morgan fingerprint density at radius 2 is 2.24 bits per heavy atom. The summed E-state index contributed by atoms with van der Waals surface area (Å²) in [5.41, 5.74) is 0. The Labute approximate surface area is 123 Å². The molecule has 1 aromatic heterocycles. The van der Waals surface area contributed by atoms with E-state index >= 15 is 0 Å². The molecule has 2 heterocycles. The van der Waals surface area contributed by atoms with Crippen LogP contribution in [0.15, 0.2) is 12.4 Å². The van der Waals surface area contributed by atoms with E-state index in [0.717, 1.165) is 25.7 Å². The maximum Gasteiger partial charge on any atom is 0.317 e. The molecule has 0 aromatic carbocycles. The highest BCUT2D eigenvalue weighted by molar-refractivity contribution is 5.76. The molecular weight excluding hydrogens is 274 g/mol. The number of aliphatic carboxylic acids is 1. The first-order chi connectivity index (χ1) is 10.2. The molecule has 2 amide bonds. The van der Waals surface area contributed by atoms with Crippen LogP contribution in [0.1, 0.15) is 32.1 Å². The van der Waals surface area contributed by atoms with Crippen LogP contribution in [0, 0.1) is 0 Å². The minimum Gasteiger partial charge on any atom is -0.481 e. The highest BCUT2D eigenvalue weighted by Gasteiger charge is 2.28. The zero-order valence-corrected chi connectivity index (χ0v) is 11.9. The van der Waals surface area contributed by atoms with Gasteiger partial charge in [0.25, 0.3) is 0 Å². The van der Waals surface area contributed by atoms with Crippen LogP contribution < -0.4 is 5.32 Å². The molecule has 2 N–H and O–H groups in total. The smallest absolute Gasteiger partial charge is 0.317 e. The summed E-state index contributed by atoms with van der Waals surface area (Å²) in [4.78, 5) is 24.7. The molecule has 1 aromatic rings. The van der Waals surface area contributed by atoms with Crippen LogP contribution in [0.4, 0.5) is 4.79 Å². The van der Waals surface area contributed by atoms with Gasteiger partial charge in [0.15, 0.2) is 0 Å².